The Balaban J connectivity index is 1.89. The SMILES string of the molecule is CC(C)NCC1CCCN(C2CCCCC2(C)C)C1. The van der Waals surface area contributed by atoms with Gasteiger partial charge in [0, 0.05) is 18.6 Å². The lowest BCUT2D eigenvalue weighted by molar-refractivity contribution is 0.0197. The molecule has 1 aliphatic carbocycles. The maximum atomic E-state index is 3.63. The van der Waals surface area contributed by atoms with Crippen molar-refractivity contribution in [2.45, 2.75) is 78.3 Å². The molecule has 0 spiro atoms. The number of nitrogens with one attached hydrogen (secondary N) is 1. The Labute approximate surface area is 120 Å². The summed E-state index contributed by atoms with van der Waals surface area (Å²) in [6, 6.07) is 1.46. The summed E-state index contributed by atoms with van der Waals surface area (Å²) in [6.45, 7) is 13.4. The van der Waals surface area contributed by atoms with Crippen LogP contribution in [0, 0.1) is 11.3 Å². The number of hydrogen-bond donors (Lipinski definition) is 1. The van der Waals surface area contributed by atoms with Gasteiger partial charge in [-0.15, -0.1) is 0 Å². The number of hydrogen-bond acceptors (Lipinski definition) is 2. The van der Waals surface area contributed by atoms with E-state index in [0.29, 0.717) is 11.5 Å². The van der Waals surface area contributed by atoms with Gasteiger partial charge in [-0.05, 0) is 50.1 Å². The fraction of sp³-hybridized carbons (Fsp3) is 1.00. The van der Waals surface area contributed by atoms with Gasteiger partial charge >= 0.3 is 0 Å². The van der Waals surface area contributed by atoms with Gasteiger partial charge in [-0.3, -0.25) is 4.90 Å². The second-order valence-electron chi connectivity index (χ2n) is 7.82. The number of likely N-dealkylation sites (tertiary alicyclic amines) is 1. The van der Waals surface area contributed by atoms with Gasteiger partial charge in [-0.25, -0.2) is 0 Å². The van der Waals surface area contributed by atoms with Crippen LogP contribution in [-0.2, 0) is 0 Å². The Morgan fingerprint density at radius 2 is 1.95 bits per heavy atom. The summed E-state index contributed by atoms with van der Waals surface area (Å²) in [5.74, 6) is 0.869. The molecular formula is C17H34N2. The lowest BCUT2D eigenvalue weighted by Gasteiger charge is -2.48. The molecule has 1 aliphatic heterocycles. The van der Waals surface area contributed by atoms with Crippen molar-refractivity contribution in [1.29, 1.82) is 0 Å². The molecule has 0 aromatic rings. The molecule has 0 aromatic carbocycles. The van der Waals surface area contributed by atoms with E-state index < -0.39 is 0 Å². The molecule has 2 unspecified atom stereocenters. The van der Waals surface area contributed by atoms with Crippen molar-refractivity contribution in [3.63, 3.8) is 0 Å². The number of nitrogens with zero attached hydrogens (tertiary/aromatic N) is 1. The van der Waals surface area contributed by atoms with Gasteiger partial charge in [0.05, 0.1) is 0 Å². The van der Waals surface area contributed by atoms with Crippen molar-refractivity contribution in [3.05, 3.63) is 0 Å². The molecule has 19 heavy (non-hydrogen) atoms. The molecule has 2 heteroatoms. The summed E-state index contributed by atoms with van der Waals surface area (Å²) in [5.41, 5.74) is 0.533. The summed E-state index contributed by atoms with van der Waals surface area (Å²) in [4.78, 5) is 2.83. The fourth-order valence-electron chi connectivity index (χ4n) is 4.10. The summed E-state index contributed by atoms with van der Waals surface area (Å²) in [5, 5.41) is 3.63. The van der Waals surface area contributed by atoms with Crippen molar-refractivity contribution >= 4 is 0 Å². The van der Waals surface area contributed by atoms with Crippen molar-refractivity contribution in [1.82, 2.24) is 10.2 Å². The Hall–Kier alpha value is -0.0800. The van der Waals surface area contributed by atoms with Crippen molar-refractivity contribution < 1.29 is 0 Å². The van der Waals surface area contributed by atoms with Crippen molar-refractivity contribution in [2.75, 3.05) is 19.6 Å². The van der Waals surface area contributed by atoms with Crippen LogP contribution in [-0.4, -0.2) is 36.6 Å². The second-order valence-corrected chi connectivity index (χ2v) is 7.82. The van der Waals surface area contributed by atoms with E-state index in [1.54, 1.807) is 0 Å². The van der Waals surface area contributed by atoms with Crippen LogP contribution in [0.2, 0.25) is 0 Å². The van der Waals surface area contributed by atoms with Gasteiger partial charge < -0.3 is 5.32 Å². The summed E-state index contributed by atoms with van der Waals surface area (Å²) >= 11 is 0. The number of rotatable bonds is 4. The zero-order valence-electron chi connectivity index (χ0n) is 13.5. The first-order chi connectivity index (χ1) is 8.99. The molecular weight excluding hydrogens is 232 g/mol. The van der Waals surface area contributed by atoms with Gasteiger partial charge in [0.15, 0.2) is 0 Å². The highest BCUT2D eigenvalue weighted by Gasteiger charge is 2.37. The van der Waals surface area contributed by atoms with Gasteiger partial charge in [0.1, 0.15) is 0 Å². The van der Waals surface area contributed by atoms with Crippen molar-refractivity contribution in [3.8, 4) is 0 Å². The quantitative estimate of drug-likeness (QED) is 0.835. The monoisotopic (exact) mass is 266 g/mol. The Morgan fingerprint density at radius 1 is 1.16 bits per heavy atom. The number of piperidine rings is 1. The largest absolute Gasteiger partial charge is 0.314 e. The lowest BCUT2D eigenvalue weighted by Crippen LogP contribution is -2.52. The van der Waals surface area contributed by atoms with Crippen molar-refractivity contribution in [2.24, 2.45) is 11.3 Å². The Bertz CT molecular complexity index is 272. The van der Waals surface area contributed by atoms with E-state index in [1.807, 2.05) is 0 Å². The van der Waals surface area contributed by atoms with Crippen LogP contribution in [0.25, 0.3) is 0 Å². The predicted molar refractivity (Wildman–Crippen MR) is 83.5 cm³/mol. The molecule has 1 saturated carbocycles. The minimum absolute atomic E-state index is 0.533. The molecule has 2 fully saturated rings. The van der Waals surface area contributed by atoms with Gasteiger partial charge in [0.25, 0.3) is 0 Å². The summed E-state index contributed by atoms with van der Waals surface area (Å²) in [7, 11) is 0. The zero-order chi connectivity index (χ0) is 13.9. The second kappa shape index (κ2) is 6.58. The Morgan fingerprint density at radius 3 is 2.63 bits per heavy atom. The van der Waals surface area contributed by atoms with E-state index in [-0.39, 0.29) is 0 Å². The standard InChI is InChI=1S/C17H34N2/c1-14(2)18-12-15-8-7-11-19(13-15)16-9-5-6-10-17(16,3)4/h14-16,18H,5-13H2,1-4H3. The highest BCUT2D eigenvalue weighted by molar-refractivity contribution is 4.92. The first-order valence-corrected chi connectivity index (χ1v) is 8.46. The fourth-order valence-corrected chi connectivity index (χ4v) is 4.10. The normalized spacial score (nSPS) is 32.7. The van der Waals surface area contributed by atoms with Crippen LogP contribution in [0.15, 0.2) is 0 Å². The van der Waals surface area contributed by atoms with Gasteiger partial charge in [-0.1, -0.05) is 40.5 Å². The summed E-state index contributed by atoms with van der Waals surface area (Å²) < 4.78 is 0. The molecule has 2 rings (SSSR count). The highest BCUT2D eigenvalue weighted by Crippen LogP contribution is 2.39. The third-order valence-electron chi connectivity index (χ3n) is 5.26. The molecule has 0 amide bonds. The van der Waals surface area contributed by atoms with Crippen LogP contribution < -0.4 is 5.32 Å². The first-order valence-electron chi connectivity index (χ1n) is 8.46. The molecule has 2 nitrogen and oxygen atoms in total. The minimum Gasteiger partial charge on any atom is -0.314 e. The summed E-state index contributed by atoms with van der Waals surface area (Å²) in [6.07, 6.45) is 8.55. The predicted octanol–water partition coefficient (Wildman–Crippen LogP) is 3.67. The molecule has 1 saturated heterocycles. The highest BCUT2D eigenvalue weighted by atomic mass is 15.2. The molecule has 0 aromatic heterocycles. The van der Waals surface area contributed by atoms with Crippen LogP contribution in [0.1, 0.15) is 66.2 Å². The van der Waals surface area contributed by atoms with E-state index >= 15 is 0 Å². The lowest BCUT2D eigenvalue weighted by atomic mass is 9.72. The zero-order valence-corrected chi connectivity index (χ0v) is 13.5. The third kappa shape index (κ3) is 4.19. The maximum Gasteiger partial charge on any atom is 0.0146 e. The van der Waals surface area contributed by atoms with E-state index in [1.165, 1.54) is 58.2 Å². The van der Waals surface area contributed by atoms with E-state index in [4.69, 9.17) is 0 Å². The van der Waals surface area contributed by atoms with Crippen LogP contribution in [0.5, 0.6) is 0 Å². The molecule has 112 valence electrons. The average Bonchev–Trinajstić information content (AvgIpc) is 2.36. The molecule has 2 aliphatic rings. The van der Waals surface area contributed by atoms with E-state index in [0.717, 1.165) is 12.0 Å². The molecule has 1 heterocycles. The van der Waals surface area contributed by atoms with E-state index in [9.17, 15) is 0 Å². The molecule has 0 bridgehead atoms. The molecule has 2 atom stereocenters. The smallest absolute Gasteiger partial charge is 0.0146 e. The van der Waals surface area contributed by atoms with Gasteiger partial charge in [0.2, 0.25) is 0 Å². The van der Waals surface area contributed by atoms with E-state index in [2.05, 4.69) is 37.9 Å². The minimum atomic E-state index is 0.533. The van der Waals surface area contributed by atoms with Gasteiger partial charge in [-0.2, -0.15) is 0 Å². The average molecular weight is 266 g/mol. The van der Waals surface area contributed by atoms with Crippen LogP contribution in [0.3, 0.4) is 0 Å². The molecule has 1 N–H and O–H groups in total. The first kappa shape index (κ1) is 15.3. The molecule has 0 radical (unpaired) electrons. The topological polar surface area (TPSA) is 15.3 Å². The van der Waals surface area contributed by atoms with Crippen LogP contribution >= 0.6 is 0 Å². The Kier molecular flexibility index (Phi) is 5.30. The maximum absolute atomic E-state index is 3.63. The third-order valence-corrected chi connectivity index (χ3v) is 5.26. The van der Waals surface area contributed by atoms with Crippen LogP contribution in [0.4, 0.5) is 0 Å².